The van der Waals surface area contributed by atoms with E-state index in [0.717, 1.165) is 11.8 Å². The van der Waals surface area contributed by atoms with Crippen LogP contribution in [-0.2, 0) is 0 Å². The first-order valence-electron chi connectivity index (χ1n) is 8.20. The van der Waals surface area contributed by atoms with Gasteiger partial charge in [-0.3, -0.25) is 0 Å². The van der Waals surface area contributed by atoms with Gasteiger partial charge in [-0.15, -0.1) is 0 Å². The fraction of sp³-hybridized carbons (Fsp3) is 1.00. The van der Waals surface area contributed by atoms with E-state index in [1.54, 1.807) is 0 Å². The normalized spacial score (nSPS) is 29.2. The predicted molar refractivity (Wildman–Crippen MR) is 85.5 cm³/mol. The Labute approximate surface area is 121 Å². The van der Waals surface area contributed by atoms with E-state index in [9.17, 15) is 0 Å². The molecule has 2 heteroatoms. The van der Waals surface area contributed by atoms with Gasteiger partial charge in [-0.1, -0.05) is 27.7 Å². The lowest BCUT2D eigenvalue weighted by Crippen LogP contribution is -2.47. The van der Waals surface area contributed by atoms with Gasteiger partial charge in [-0.2, -0.15) is 0 Å². The molecule has 0 heterocycles. The van der Waals surface area contributed by atoms with Crippen LogP contribution in [0.1, 0.15) is 60.8 Å². The molecule has 1 saturated carbocycles. The molecular weight excluding hydrogens is 232 g/mol. The second kappa shape index (κ2) is 7.08. The summed E-state index contributed by atoms with van der Waals surface area (Å²) < 4.78 is 0. The van der Waals surface area contributed by atoms with Crippen molar-refractivity contribution in [2.75, 3.05) is 20.1 Å². The van der Waals surface area contributed by atoms with Gasteiger partial charge >= 0.3 is 0 Å². The highest BCUT2D eigenvalue weighted by atomic mass is 15.1. The van der Waals surface area contributed by atoms with Crippen LogP contribution in [0, 0.1) is 17.3 Å². The Hall–Kier alpha value is -0.0800. The van der Waals surface area contributed by atoms with Crippen molar-refractivity contribution in [2.45, 2.75) is 72.9 Å². The molecule has 0 bridgehead atoms. The molecule has 0 aromatic rings. The van der Waals surface area contributed by atoms with Crippen molar-refractivity contribution in [1.82, 2.24) is 10.2 Å². The molecule has 0 radical (unpaired) electrons. The Bertz CT molecular complexity index is 252. The molecular formula is C17H36N2. The Balaban J connectivity index is 2.69. The summed E-state index contributed by atoms with van der Waals surface area (Å²) in [6.45, 7) is 16.6. The lowest BCUT2D eigenvalue weighted by atomic mass is 9.67. The summed E-state index contributed by atoms with van der Waals surface area (Å²) in [6.07, 6.45) is 4.12. The van der Waals surface area contributed by atoms with Gasteiger partial charge in [0.15, 0.2) is 0 Å². The van der Waals surface area contributed by atoms with E-state index in [-0.39, 0.29) is 0 Å². The minimum Gasteiger partial charge on any atom is -0.317 e. The van der Waals surface area contributed by atoms with Crippen LogP contribution in [-0.4, -0.2) is 37.1 Å². The number of nitrogens with zero attached hydrogens (tertiary/aromatic N) is 1. The number of rotatable bonds is 5. The van der Waals surface area contributed by atoms with Crippen molar-refractivity contribution in [3.63, 3.8) is 0 Å². The van der Waals surface area contributed by atoms with E-state index < -0.39 is 0 Å². The zero-order valence-corrected chi connectivity index (χ0v) is 14.3. The van der Waals surface area contributed by atoms with Crippen molar-refractivity contribution >= 4 is 0 Å². The van der Waals surface area contributed by atoms with Crippen LogP contribution in [0.5, 0.6) is 0 Å². The maximum Gasteiger partial charge on any atom is 0.0105 e. The SMILES string of the molecule is CCN(CC1CC(C(C)(C)C)CCC1NC)C(C)C. The highest BCUT2D eigenvalue weighted by Gasteiger charge is 2.35. The third-order valence-corrected chi connectivity index (χ3v) is 5.18. The molecule has 1 fully saturated rings. The summed E-state index contributed by atoms with van der Waals surface area (Å²) in [5.74, 6) is 1.69. The predicted octanol–water partition coefficient (Wildman–Crippen LogP) is 3.77. The van der Waals surface area contributed by atoms with Gasteiger partial charge in [0, 0.05) is 18.6 Å². The molecule has 0 saturated heterocycles. The highest BCUT2D eigenvalue weighted by molar-refractivity contribution is 4.90. The molecule has 2 nitrogen and oxygen atoms in total. The summed E-state index contributed by atoms with van der Waals surface area (Å²) in [5, 5.41) is 3.57. The van der Waals surface area contributed by atoms with E-state index >= 15 is 0 Å². The Kier molecular flexibility index (Phi) is 6.32. The third kappa shape index (κ3) is 4.75. The molecule has 1 aliphatic rings. The Morgan fingerprint density at radius 2 is 1.84 bits per heavy atom. The Morgan fingerprint density at radius 3 is 2.26 bits per heavy atom. The quantitative estimate of drug-likeness (QED) is 0.816. The van der Waals surface area contributed by atoms with E-state index in [1.807, 2.05) is 0 Å². The van der Waals surface area contributed by atoms with Gasteiger partial charge in [0.2, 0.25) is 0 Å². The van der Waals surface area contributed by atoms with Crippen molar-refractivity contribution in [3.8, 4) is 0 Å². The zero-order valence-electron chi connectivity index (χ0n) is 14.3. The fourth-order valence-electron chi connectivity index (χ4n) is 3.64. The lowest BCUT2D eigenvalue weighted by Gasteiger charge is -2.44. The third-order valence-electron chi connectivity index (χ3n) is 5.18. The first kappa shape index (κ1) is 17.0. The van der Waals surface area contributed by atoms with Crippen molar-refractivity contribution in [3.05, 3.63) is 0 Å². The maximum atomic E-state index is 3.57. The molecule has 1 rings (SSSR count). The number of hydrogen-bond acceptors (Lipinski definition) is 2. The van der Waals surface area contributed by atoms with Gasteiger partial charge in [-0.25, -0.2) is 0 Å². The average Bonchev–Trinajstić information content (AvgIpc) is 2.34. The molecule has 0 amide bonds. The average molecular weight is 268 g/mol. The van der Waals surface area contributed by atoms with Crippen LogP contribution in [0.4, 0.5) is 0 Å². The van der Waals surface area contributed by atoms with Crippen LogP contribution in [0.15, 0.2) is 0 Å². The first-order valence-corrected chi connectivity index (χ1v) is 8.20. The minimum absolute atomic E-state index is 0.464. The molecule has 0 aliphatic heterocycles. The van der Waals surface area contributed by atoms with Crippen molar-refractivity contribution < 1.29 is 0 Å². The van der Waals surface area contributed by atoms with Crippen LogP contribution in [0.25, 0.3) is 0 Å². The molecule has 19 heavy (non-hydrogen) atoms. The van der Waals surface area contributed by atoms with Crippen LogP contribution in [0.3, 0.4) is 0 Å². The second-order valence-corrected chi connectivity index (χ2v) is 7.71. The van der Waals surface area contributed by atoms with E-state index in [2.05, 4.69) is 58.8 Å². The second-order valence-electron chi connectivity index (χ2n) is 7.71. The largest absolute Gasteiger partial charge is 0.317 e. The molecule has 3 unspecified atom stereocenters. The van der Waals surface area contributed by atoms with Crippen molar-refractivity contribution in [1.29, 1.82) is 0 Å². The van der Waals surface area contributed by atoms with E-state index in [4.69, 9.17) is 0 Å². The van der Waals surface area contributed by atoms with Gasteiger partial charge in [0.1, 0.15) is 0 Å². The van der Waals surface area contributed by atoms with Crippen LogP contribution in [0.2, 0.25) is 0 Å². The number of hydrogen-bond donors (Lipinski definition) is 1. The monoisotopic (exact) mass is 268 g/mol. The Morgan fingerprint density at radius 1 is 1.21 bits per heavy atom. The smallest absolute Gasteiger partial charge is 0.0105 e. The topological polar surface area (TPSA) is 15.3 Å². The number of nitrogens with one attached hydrogen (secondary N) is 1. The van der Waals surface area contributed by atoms with Crippen molar-refractivity contribution in [2.24, 2.45) is 17.3 Å². The highest BCUT2D eigenvalue weighted by Crippen LogP contribution is 2.40. The molecule has 0 aromatic heterocycles. The van der Waals surface area contributed by atoms with Gasteiger partial charge in [0.25, 0.3) is 0 Å². The summed E-state index contributed by atoms with van der Waals surface area (Å²) in [6, 6.07) is 1.38. The van der Waals surface area contributed by atoms with Gasteiger partial charge < -0.3 is 10.2 Å². The van der Waals surface area contributed by atoms with Gasteiger partial charge in [0.05, 0.1) is 0 Å². The van der Waals surface area contributed by atoms with E-state index in [0.29, 0.717) is 17.5 Å². The zero-order chi connectivity index (χ0) is 14.6. The maximum absolute atomic E-state index is 3.57. The molecule has 1 N–H and O–H groups in total. The molecule has 0 aromatic carbocycles. The molecule has 0 spiro atoms. The summed E-state index contributed by atoms with van der Waals surface area (Å²) >= 11 is 0. The van der Waals surface area contributed by atoms with E-state index in [1.165, 1.54) is 32.4 Å². The lowest BCUT2D eigenvalue weighted by molar-refractivity contribution is 0.0823. The standard InChI is InChI=1S/C17H36N2/c1-8-19(13(2)3)12-14-11-15(17(4,5)6)9-10-16(14)18-7/h13-16,18H,8-12H2,1-7H3. The molecule has 1 aliphatic carbocycles. The summed E-state index contributed by atoms with van der Waals surface area (Å²) in [7, 11) is 2.14. The summed E-state index contributed by atoms with van der Waals surface area (Å²) in [4.78, 5) is 2.63. The van der Waals surface area contributed by atoms with Gasteiger partial charge in [-0.05, 0) is 64.0 Å². The van der Waals surface area contributed by atoms with Crippen LogP contribution >= 0.6 is 0 Å². The minimum atomic E-state index is 0.464. The molecule has 3 atom stereocenters. The first-order chi connectivity index (χ1) is 8.79. The molecule has 114 valence electrons. The fourth-order valence-corrected chi connectivity index (χ4v) is 3.64. The van der Waals surface area contributed by atoms with Crippen LogP contribution < -0.4 is 5.32 Å². The summed E-state index contributed by atoms with van der Waals surface area (Å²) in [5.41, 5.74) is 0.464.